The molecule has 4 nitrogen and oxygen atoms in total. The molecule has 0 aliphatic carbocycles. The average molecular weight is 214 g/mol. The zero-order valence-electron chi connectivity index (χ0n) is 8.64. The molecule has 0 spiro atoms. The monoisotopic (exact) mass is 214 g/mol. The van der Waals surface area contributed by atoms with Crippen molar-refractivity contribution in [3.8, 4) is 0 Å². The molecule has 0 atom stereocenters. The van der Waals surface area contributed by atoms with Gasteiger partial charge in [0.1, 0.15) is 5.71 Å². The van der Waals surface area contributed by atoms with Crippen molar-refractivity contribution in [2.45, 2.75) is 6.42 Å². The maximum absolute atomic E-state index is 11.2. The molecule has 0 aromatic heterocycles. The molecule has 80 valence electrons. The third-order valence-electron chi connectivity index (χ3n) is 2.75. The SMILES string of the molecule is O=C1C=CC2=NC=C(C3=CCOCC3)C2=N1. The molecule has 0 fully saturated rings. The number of hydrogen-bond acceptors (Lipinski definition) is 3. The smallest absolute Gasteiger partial charge is 0.270 e. The Balaban J connectivity index is 1.95. The van der Waals surface area contributed by atoms with Crippen molar-refractivity contribution in [3.05, 3.63) is 35.6 Å². The van der Waals surface area contributed by atoms with Crippen molar-refractivity contribution in [1.82, 2.24) is 0 Å². The van der Waals surface area contributed by atoms with Crippen LogP contribution >= 0.6 is 0 Å². The summed E-state index contributed by atoms with van der Waals surface area (Å²) < 4.78 is 5.25. The van der Waals surface area contributed by atoms with E-state index >= 15 is 0 Å². The van der Waals surface area contributed by atoms with Gasteiger partial charge in [-0.2, -0.15) is 0 Å². The number of fused-ring (bicyclic) bond motifs is 1. The Hall–Kier alpha value is -1.81. The van der Waals surface area contributed by atoms with Gasteiger partial charge in [0.15, 0.2) is 0 Å². The van der Waals surface area contributed by atoms with Crippen LogP contribution in [0.1, 0.15) is 6.42 Å². The quantitative estimate of drug-likeness (QED) is 0.658. The van der Waals surface area contributed by atoms with Crippen molar-refractivity contribution in [2.24, 2.45) is 9.98 Å². The number of aliphatic imine (C=N–C) groups is 2. The van der Waals surface area contributed by atoms with E-state index in [1.54, 1.807) is 12.3 Å². The average Bonchev–Trinajstić information content (AvgIpc) is 2.73. The molecule has 0 radical (unpaired) electrons. The molecule has 3 rings (SSSR count). The van der Waals surface area contributed by atoms with Crippen molar-refractivity contribution >= 4 is 17.3 Å². The van der Waals surface area contributed by atoms with Gasteiger partial charge < -0.3 is 4.74 Å². The van der Waals surface area contributed by atoms with Crippen LogP contribution in [0.5, 0.6) is 0 Å². The Morgan fingerprint density at radius 2 is 2.25 bits per heavy atom. The van der Waals surface area contributed by atoms with Crippen molar-refractivity contribution in [1.29, 1.82) is 0 Å². The molecule has 0 aromatic rings. The van der Waals surface area contributed by atoms with Crippen LogP contribution in [0.3, 0.4) is 0 Å². The summed E-state index contributed by atoms with van der Waals surface area (Å²) in [6, 6.07) is 0. The van der Waals surface area contributed by atoms with Crippen molar-refractivity contribution < 1.29 is 9.53 Å². The van der Waals surface area contributed by atoms with E-state index in [2.05, 4.69) is 9.98 Å². The normalized spacial score (nSPS) is 23.4. The molecule has 3 aliphatic rings. The molecule has 16 heavy (non-hydrogen) atoms. The van der Waals surface area contributed by atoms with Gasteiger partial charge in [-0.3, -0.25) is 9.79 Å². The van der Waals surface area contributed by atoms with Crippen LogP contribution in [-0.4, -0.2) is 30.5 Å². The number of dihydropyridines is 1. The van der Waals surface area contributed by atoms with Crippen LogP contribution in [0.25, 0.3) is 0 Å². The molecule has 0 unspecified atom stereocenters. The second-order valence-corrected chi connectivity index (χ2v) is 3.74. The molecular formula is C12H10N2O2. The fraction of sp³-hybridized carbons (Fsp3) is 0.250. The maximum atomic E-state index is 11.2. The predicted molar refractivity (Wildman–Crippen MR) is 60.6 cm³/mol. The van der Waals surface area contributed by atoms with Crippen LogP contribution in [0.2, 0.25) is 0 Å². The summed E-state index contributed by atoms with van der Waals surface area (Å²) in [4.78, 5) is 19.5. The molecule has 0 bridgehead atoms. The third-order valence-corrected chi connectivity index (χ3v) is 2.75. The Morgan fingerprint density at radius 1 is 1.31 bits per heavy atom. The molecule has 0 saturated heterocycles. The van der Waals surface area contributed by atoms with Gasteiger partial charge in [0, 0.05) is 17.8 Å². The first kappa shape index (κ1) is 9.42. The maximum Gasteiger partial charge on any atom is 0.270 e. The zero-order valence-corrected chi connectivity index (χ0v) is 8.64. The van der Waals surface area contributed by atoms with E-state index in [4.69, 9.17) is 4.74 Å². The van der Waals surface area contributed by atoms with Gasteiger partial charge >= 0.3 is 0 Å². The summed E-state index contributed by atoms with van der Waals surface area (Å²) in [6.45, 7) is 1.34. The lowest BCUT2D eigenvalue weighted by Gasteiger charge is -2.15. The number of carbonyl (C=O) groups excluding carboxylic acids is 1. The Bertz CT molecular complexity index is 507. The first-order valence-corrected chi connectivity index (χ1v) is 5.21. The lowest BCUT2D eigenvalue weighted by Crippen LogP contribution is -2.19. The largest absolute Gasteiger partial charge is 0.377 e. The second-order valence-electron chi connectivity index (χ2n) is 3.74. The lowest BCUT2D eigenvalue weighted by molar-refractivity contribution is -0.113. The van der Waals surface area contributed by atoms with Crippen LogP contribution in [0, 0.1) is 0 Å². The number of allylic oxidation sites excluding steroid dienone is 2. The van der Waals surface area contributed by atoms with E-state index in [1.807, 2.05) is 6.08 Å². The molecule has 3 heterocycles. The summed E-state index contributed by atoms with van der Waals surface area (Å²) in [5.74, 6) is -0.214. The standard InChI is InChI=1S/C12H10N2O2/c15-11-2-1-10-12(14-11)9(7-13-10)8-3-5-16-6-4-8/h1-3,7H,4-6H2. The number of hydrogen-bond donors (Lipinski definition) is 0. The van der Waals surface area contributed by atoms with Gasteiger partial charge in [-0.05, 0) is 18.1 Å². The van der Waals surface area contributed by atoms with Crippen LogP contribution in [0.15, 0.2) is 45.6 Å². The predicted octanol–water partition coefficient (Wildman–Crippen LogP) is 1.21. The van der Waals surface area contributed by atoms with Crippen LogP contribution in [0.4, 0.5) is 0 Å². The molecule has 0 aromatic carbocycles. The number of ether oxygens (including phenoxy) is 1. The first-order valence-electron chi connectivity index (χ1n) is 5.21. The summed E-state index contributed by atoms with van der Waals surface area (Å²) in [7, 11) is 0. The van der Waals surface area contributed by atoms with E-state index in [1.165, 1.54) is 11.6 Å². The highest BCUT2D eigenvalue weighted by atomic mass is 16.5. The first-order chi connectivity index (χ1) is 7.84. The van der Waals surface area contributed by atoms with E-state index in [-0.39, 0.29) is 5.91 Å². The van der Waals surface area contributed by atoms with E-state index in [0.29, 0.717) is 12.3 Å². The number of rotatable bonds is 1. The lowest BCUT2D eigenvalue weighted by atomic mass is 9.96. The van der Waals surface area contributed by atoms with Gasteiger partial charge in [0.25, 0.3) is 5.91 Å². The molecule has 0 saturated carbocycles. The second kappa shape index (κ2) is 3.64. The summed E-state index contributed by atoms with van der Waals surface area (Å²) in [5, 5.41) is 0. The van der Waals surface area contributed by atoms with Crippen LogP contribution < -0.4 is 0 Å². The van der Waals surface area contributed by atoms with Crippen molar-refractivity contribution in [2.75, 3.05) is 13.2 Å². The minimum Gasteiger partial charge on any atom is -0.377 e. The number of amides is 1. The highest BCUT2D eigenvalue weighted by Gasteiger charge is 2.24. The van der Waals surface area contributed by atoms with Gasteiger partial charge in [-0.1, -0.05) is 6.08 Å². The highest BCUT2D eigenvalue weighted by molar-refractivity contribution is 6.57. The molecular weight excluding hydrogens is 204 g/mol. The van der Waals surface area contributed by atoms with Crippen molar-refractivity contribution in [3.63, 3.8) is 0 Å². The number of carbonyl (C=O) groups is 1. The van der Waals surface area contributed by atoms with Gasteiger partial charge in [0.2, 0.25) is 0 Å². The van der Waals surface area contributed by atoms with Gasteiger partial charge in [-0.15, -0.1) is 0 Å². The molecule has 0 N–H and O–H groups in total. The molecule has 4 heteroatoms. The summed E-state index contributed by atoms with van der Waals surface area (Å²) in [5.41, 5.74) is 3.63. The summed E-state index contributed by atoms with van der Waals surface area (Å²) >= 11 is 0. The highest BCUT2D eigenvalue weighted by Crippen LogP contribution is 2.25. The summed E-state index contributed by atoms with van der Waals surface area (Å²) in [6.07, 6.45) is 7.82. The fourth-order valence-electron chi connectivity index (χ4n) is 1.94. The van der Waals surface area contributed by atoms with Crippen LogP contribution in [-0.2, 0) is 9.53 Å². The van der Waals surface area contributed by atoms with E-state index in [0.717, 1.165) is 24.3 Å². The van der Waals surface area contributed by atoms with Gasteiger partial charge in [-0.25, -0.2) is 4.99 Å². The minimum atomic E-state index is -0.214. The minimum absolute atomic E-state index is 0.214. The molecule has 1 amide bonds. The molecule has 3 aliphatic heterocycles. The Labute approximate surface area is 92.7 Å². The number of nitrogens with zero attached hydrogens (tertiary/aromatic N) is 2. The Morgan fingerprint density at radius 3 is 3.06 bits per heavy atom. The van der Waals surface area contributed by atoms with E-state index in [9.17, 15) is 4.79 Å². The van der Waals surface area contributed by atoms with Gasteiger partial charge in [0.05, 0.1) is 18.9 Å². The van der Waals surface area contributed by atoms with E-state index < -0.39 is 0 Å². The fourth-order valence-corrected chi connectivity index (χ4v) is 1.94. The topological polar surface area (TPSA) is 51.0 Å². The zero-order chi connectivity index (χ0) is 11.0. The Kier molecular flexibility index (Phi) is 2.15. The third kappa shape index (κ3) is 1.47.